The van der Waals surface area contributed by atoms with E-state index in [1.165, 1.54) is 40.4 Å². The van der Waals surface area contributed by atoms with Crippen molar-refractivity contribution in [1.29, 1.82) is 0 Å². The summed E-state index contributed by atoms with van der Waals surface area (Å²) < 4.78 is 34.5. The normalized spacial score (nSPS) is 16.8. The van der Waals surface area contributed by atoms with E-state index >= 15 is 0 Å². The van der Waals surface area contributed by atoms with Crippen molar-refractivity contribution in [2.75, 3.05) is 45.7 Å². The molecular weight excluding hydrogens is 484 g/mol. The van der Waals surface area contributed by atoms with E-state index < -0.39 is 16.1 Å². The van der Waals surface area contributed by atoms with Crippen molar-refractivity contribution < 1.29 is 17.9 Å². The van der Waals surface area contributed by atoms with Gasteiger partial charge in [-0.25, -0.2) is 13.4 Å². The highest BCUT2D eigenvalue weighted by Crippen LogP contribution is 2.33. The molecule has 10 heteroatoms. The third-order valence-corrected chi connectivity index (χ3v) is 9.24. The fourth-order valence-corrected chi connectivity index (χ4v) is 6.94. The number of carbonyl (C=O) groups excluding carboxylic acids is 1. The van der Waals surface area contributed by atoms with Gasteiger partial charge in [0.05, 0.1) is 22.2 Å². The predicted molar refractivity (Wildman–Crippen MR) is 140 cm³/mol. The Kier molecular flexibility index (Phi) is 7.75. The number of fused-ring (bicyclic) bond motifs is 1. The molecule has 2 heterocycles. The molecule has 1 amide bonds. The molecule has 35 heavy (non-hydrogen) atoms. The Morgan fingerprint density at radius 3 is 2.57 bits per heavy atom. The van der Waals surface area contributed by atoms with Gasteiger partial charge in [-0.15, -0.1) is 0 Å². The number of anilines is 1. The quantitative estimate of drug-likeness (QED) is 0.432. The van der Waals surface area contributed by atoms with Gasteiger partial charge < -0.3 is 9.64 Å². The second-order valence-electron chi connectivity index (χ2n) is 8.89. The lowest BCUT2D eigenvalue weighted by molar-refractivity contribution is -0.121. The zero-order valence-electron chi connectivity index (χ0n) is 20.6. The van der Waals surface area contributed by atoms with E-state index in [-0.39, 0.29) is 10.8 Å². The molecule has 0 spiro atoms. The van der Waals surface area contributed by atoms with Crippen LogP contribution in [0.2, 0.25) is 0 Å². The second kappa shape index (κ2) is 10.6. The number of benzene rings is 2. The summed E-state index contributed by atoms with van der Waals surface area (Å²) in [5.41, 5.74) is 2.06. The van der Waals surface area contributed by atoms with Crippen molar-refractivity contribution >= 4 is 42.6 Å². The van der Waals surface area contributed by atoms with Crippen LogP contribution in [0.3, 0.4) is 0 Å². The van der Waals surface area contributed by atoms with E-state index in [1.54, 1.807) is 17.0 Å². The van der Waals surface area contributed by atoms with Crippen LogP contribution in [0.15, 0.2) is 47.4 Å². The summed E-state index contributed by atoms with van der Waals surface area (Å²) >= 11 is 1.48. The van der Waals surface area contributed by atoms with E-state index in [0.717, 1.165) is 16.6 Å². The van der Waals surface area contributed by atoms with Crippen molar-refractivity contribution in [3.05, 3.63) is 48.0 Å². The lowest BCUT2D eigenvalue weighted by Gasteiger charge is -2.29. The first-order chi connectivity index (χ1) is 16.7. The molecule has 0 saturated carbocycles. The molecule has 1 aliphatic heterocycles. The summed E-state index contributed by atoms with van der Waals surface area (Å²) in [4.78, 5) is 22.5. The maximum absolute atomic E-state index is 13.9. The number of amides is 1. The number of carbonyl (C=O) groups is 1. The maximum atomic E-state index is 13.9. The average Bonchev–Trinajstić information content (AvgIpc) is 3.51. The molecule has 1 aromatic heterocycles. The van der Waals surface area contributed by atoms with Crippen LogP contribution in [-0.4, -0.2) is 75.4 Å². The number of nitrogens with zero attached hydrogens (tertiary/aromatic N) is 4. The molecule has 1 saturated heterocycles. The van der Waals surface area contributed by atoms with Crippen LogP contribution in [0.1, 0.15) is 25.3 Å². The molecule has 0 aliphatic carbocycles. The van der Waals surface area contributed by atoms with Gasteiger partial charge in [0.2, 0.25) is 15.9 Å². The van der Waals surface area contributed by atoms with E-state index in [2.05, 4.69) is 19.1 Å². The molecule has 3 aromatic rings. The highest BCUT2D eigenvalue weighted by atomic mass is 32.2. The van der Waals surface area contributed by atoms with Crippen LogP contribution in [0.5, 0.6) is 5.75 Å². The van der Waals surface area contributed by atoms with Gasteiger partial charge in [0.15, 0.2) is 5.13 Å². The van der Waals surface area contributed by atoms with E-state index in [0.29, 0.717) is 43.4 Å². The minimum Gasteiger partial charge on any atom is -0.497 e. The Balaban J connectivity index is 1.66. The van der Waals surface area contributed by atoms with E-state index in [9.17, 15) is 13.2 Å². The number of sulfonamides is 1. The van der Waals surface area contributed by atoms with Crippen LogP contribution in [0, 0.1) is 0 Å². The fraction of sp³-hybridized carbons (Fsp3) is 0.440. The number of aryl methyl sites for hydroxylation is 1. The van der Waals surface area contributed by atoms with Gasteiger partial charge in [-0.2, -0.15) is 4.31 Å². The van der Waals surface area contributed by atoms with E-state index in [4.69, 9.17) is 9.72 Å². The second-order valence-corrected chi connectivity index (χ2v) is 11.8. The van der Waals surface area contributed by atoms with Crippen molar-refractivity contribution in [3.8, 4) is 5.75 Å². The minimum absolute atomic E-state index is 0.157. The molecule has 2 aromatic carbocycles. The van der Waals surface area contributed by atoms with Crippen molar-refractivity contribution in [2.24, 2.45) is 0 Å². The van der Waals surface area contributed by atoms with Gasteiger partial charge in [-0.1, -0.05) is 24.3 Å². The van der Waals surface area contributed by atoms with Gasteiger partial charge in [-0.05, 0) is 75.3 Å². The fourth-order valence-electron chi connectivity index (χ4n) is 4.23. The van der Waals surface area contributed by atoms with Crippen LogP contribution >= 0.6 is 11.3 Å². The summed E-state index contributed by atoms with van der Waals surface area (Å²) in [5, 5.41) is 0.605. The maximum Gasteiger partial charge on any atom is 0.247 e. The zero-order valence-corrected chi connectivity index (χ0v) is 22.2. The number of methoxy groups -OCH3 is 1. The number of thiazole rings is 1. The molecule has 1 atom stereocenters. The Morgan fingerprint density at radius 1 is 1.17 bits per heavy atom. The summed E-state index contributed by atoms with van der Waals surface area (Å²) in [6.07, 6.45) is 2.04. The topological polar surface area (TPSA) is 83.1 Å². The van der Waals surface area contributed by atoms with Crippen LogP contribution in [0.4, 0.5) is 5.13 Å². The molecule has 4 rings (SSSR count). The smallest absolute Gasteiger partial charge is 0.247 e. The largest absolute Gasteiger partial charge is 0.497 e. The molecule has 1 fully saturated rings. The molecule has 0 N–H and O–H groups in total. The summed E-state index contributed by atoms with van der Waals surface area (Å²) in [6.45, 7) is 3.49. The van der Waals surface area contributed by atoms with Crippen molar-refractivity contribution in [3.63, 3.8) is 0 Å². The van der Waals surface area contributed by atoms with Gasteiger partial charge in [-0.3, -0.25) is 9.69 Å². The highest BCUT2D eigenvalue weighted by molar-refractivity contribution is 7.89. The summed E-state index contributed by atoms with van der Waals surface area (Å²) in [5.74, 6) is 0.353. The average molecular weight is 517 g/mol. The SMILES string of the molecule is CCc1ccc2nc(N(CCN(C)C)C(=O)C3CCCN3S(=O)(=O)c3ccc(OC)cc3)sc2c1. The van der Waals surface area contributed by atoms with Crippen molar-refractivity contribution in [2.45, 2.75) is 37.1 Å². The van der Waals surface area contributed by atoms with Crippen LogP contribution in [0.25, 0.3) is 10.2 Å². The molecular formula is C25H32N4O4S2. The number of ether oxygens (including phenoxy) is 1. The summed E-state index contributed by atoms with van der Waals surface area (Å²) in [7, 11) is 1.60. The number of likely N-dealkylation sites (N-methyl/N-ethyl adjacent to an activating group) is 1. The van der Waals surface area contributed by atoms with Gasteiger partial charge >= 0.3 is 0 Å². The first-order valence-electron chi connectivity index (χ1n) is 11.8. The van der Waals surface area contributed by atoms with E-state index in [1.807, 2.05) is 25.1 Å². The van der Waals surface area contributed by atoms with Crippen LogP contribution < -0.4 is 9.64 Å². The third kappa shape index (κ3) is 5.35. The zero-order chi connectivity index (χ0) is 25.2. The lowest BCUT2D eigenvalue weighted by Crippen LogP contribution is -2.49. The first-order valence-corrected chi connectivity index (χ1v) is 14.0. The Labute approximate surface area is 211 Å². The van der Waals surface area contributed by atoms with Gasteiger partial charge in [0.25, 0.3) is 0 Å². The molecule has 0 bridgehead atoms. The molecule has 8 nitrogen and oxygen atoms in total. The first kappa shape index (κ1) is 25.6. The molecule has 1 unspecified atom stereocenters. The Bertz CT molecular complexity index is 1290. The molecule has 188 valence electrons. The Morgan fingerprint density at radius 2 is 1.91 bits per heavy atom. The Hall–Kier alpha value is -2.53. The van der Waals surface area contributed by atoms with Gasteiger partial charge in [0, 0.05) is 19.6 Å². The molecule has 1 aliphatic rings. The number of hydrogen-bond donors (Lipinski definition) is 0. The number of aromatic nitrogens is 1. The monoisotopic (exact) mass is 516 g/mol. The molecule has 0 radical (unpaired) electrons. The van der Waals surface area contributed by atoms with Crippen molar-refractivity contribution in [1.82, 2.24) is 14.2 Å². The predicted octanol–water partition coefficient (Wildman–Crippen LogP) is 3.62. The lowest BCUT2D eigenvalue weighted by atomic mass is 10.2. The van der Waals surface area contributed by atoms with Gasteiger partial charge in [0.1, 0.15) is 11.8 Å². The number of rotatable bonds is 9. The van der Waals surface area contributed by atoms with Crippen LogP contribution in [-0.2, 0) is 21.2 Å². The standard InChI is InChI=1S/C25H32N4O4S2/c1-5-18-8-13-21-23(17-18)34-25(26-21)28(16-15-27(2)3)24(30)22-7-6-14-29(22)35(31,32)20-11-9-19(33-4)10-12-20/h8-13,17,22H,5-7,14-16H2,1-4H3. The number of hydrogen-bond acceptors (Lipinski definition) is 7. The summed E-state index contributed by atoms with van der Waals surface area (Å²) in [6, 6.07) is 11.7. The third-order valence-electron chi connectivity index (χ3n) is 6.27. The highest BCUT2D eigenvalue weighted by Gasteiger charge is 2.42. The minimum atomic E-state index is -3.84.